The van der Waals surface area contributed by atoms with Gasteiger partial charge in [0.2, 0.25) is 5.79 Å². The van der Waals surface area contributed by atoms with Crippen molar-refractivity contribution in [3.8, 4) is 0 Å². The summed E-state index contributed by atoms with van der Waals surface area (Å²) in [5.41, 5.74) is 1.21. The average molecular weight is 1100 g/mol. The number of hydrogen-bond acceptors (Lipinski definition) is 18. The topological polar surface area (TPSA) is 246 Å². The molecule has 3 fully saturated rings. The molecular weight excluding hydrogens is 1010 g/mol. The lowest BCUT2D eigenvalue weighted by molar-refractivity contribution is -0.265. The molecule has 1 aliphatic carbocycles. The number of carbonyl (C=O) groups is 7. The van der Waals surface area contributed by atoms with Crippen molar-refractivity contribution in [2.75, 3.05) is 41.1 Å². The SMILES string of the molecule is C=COC(=O)OCCCCOC(=O)O[C@@H]1CC[C@@H](C[C@@H](C)[C@@H]2CC(=O)[C@H](C)/C=C(\C)[C@@H](O)[C@@H](OC)C(=O)[C@H](C)C[C@H](C)/C=C/C=C/C=C(\C)[C@@H](OC)C[C@@H]3CC[C@@H](C)[C@@](O)(O3)C(=O)C(=O)N3CCCC[C@H]3C(=O)O2)C[C@H]1OC. The Balaban J connectivity index is 1.61. The van der Waals surface area contributed by atoms with Crippen molar-refractivity contribution >= 4 is 41.5 Å². The molecule has 19 nitrogen and oxygen atoms in total. The Morgan fingerprint density at radius 1 is 0.846 bits per heavy atom. The third-order valence-electron chi connectivity index (χ3n) is 15.9. The standard InChI is InChI=1S/C59H89NO18/c1-12-73-57(67)74-28-18-19-29-75-58(68)77-47-26-24-43(33-50(47)71-10)32-39(5)49-35-46(61)38(4)31-41(7)52(63)53(72-11)51(62)40(6)30-36(2)20-14-13-15-21-37(3)48(70-9)34-44-25-23-42(8)59(69,78-44)54(64)55(65)60-27-17-16-22-45(60)56(66)76-49/h12-15,20-21,31,36,38-40,42-45,47-50,52-53,63,69H,1,16-19,22-30,32-35H2,2-11H3/b15-13+,20-14+,37-21+,41-31+/t36-,38-,39-,40-,42-,43+,44+,45+,47-,48+,49+,50-,52-,53+,59-/m1/s1. The Bertz CT molecular complexity index is 2150. The number of carbonyl (C=O) groups excluding carboxylic acids is 7. The van der Waals surface area contributed by atoms with Crippen molar-refractivity contribution in [3.05, 3.63) is 60.4 Å². The zero-order chi connectivity index (χ0) is 57.7. The molecule has 78 heavy (non-hydrogen) atoms. The average Bonchev–Trinajstić information content (AvgIpc) is 3.41. The van der Waals surface area contributed by atoms with E-state index >= 15 is 0 Å². The number of ether oxygens (including phenoxy) is 9. The van der Waals surface area contributed by atoms with Crippen LogP contribution in [0.15, 0.2) is 60.4 Å². The summed E-state index contributed by atoms with van der Waals surface area (Å²) in [6, 6.07) is -1.20. The highest BCUT2D eigenvalue weighted by atomic mass is 16.7. The lowest BCUT2D eigenvalue weighted by Gasteiger charge is -2.42. The van der Waals surface area contributed by atoms with Gasteiger partial charge in [-0.05, 0) is 120 Å². The second-order valence-electron chi connectivity index (χ2n) is 21.9. The third kappa shape index (κ3) is 19.1. The summed E-state index contributed by atoms with van der Waals surface area (Å²) in [5, 5.41) is 23.6. The number of methoxy groups -OCH3 is 3. The molecular formula is C59H89NO18. The van der Waals surface area contributed by atoms with E-state index in [0.29, 0.717) is 76.2 Å². The minimum absolute atomic E-state index is 0.00987. The summed E-state index contributed by atoms with van der Waals surface area (Å²) in [5.74, 6) is -8.62. The van der Waals surface area contributed by atoms with Crippen LogP contribution in [0.1, 0.15) is 138 Å². The van der Waals surface area contributed by atoms with Crippen LogP contribution in [0.25, 0.3) is 0 Å². The lowest BCUT2D eigenvalue weighted by Crippen LogP contribution is -2.61. The maximum absolute atomic E-state index is 14.6. The zero-order valence-corrected chi connectivity index (χ0v) is 47.7. The van der Waals surface area contributed by atoms with Gasteiger partial charge in [-0.3, -0.25) is 19.2 Å². The summed E-state index contributed by atoms with van der Waals surface area (Å²) in [4.78, 5) is 96.6. The van der Waals surface area contributed by atoms with Gasteiger partial charge in [0.15, 0.2) is 5.78 Å². The van der Waals surface area contributed by atoms with Gasteiger partial charge in [0.25, 0.3) is 11.7 Å². The van der Waals surface area contributed by atoms with Crippen LogP contribution < -0.4 is 0 Å². The molecule has 0 unspecified atom stereocenters. The number of unbranched alkanes of at least 4 members (excludes halogenated alkanes) is 1. The van der Waals surface area contributed by atoms with E-state index in [2.05, 4.69) is 11.3 Å². The number of allylic oxidation sites excluding steroid dienone is 6. The molecule has 1 saturated carbocycles. The van der Waals surface area contributed by atoms with Crippen LogP contribution in [0, 0.1) is 35.5 Å². The van der Waals surface area contributed by atoms with Crippen LogP contribution in [0.2, 0.25) is 0 Å². The van der Waals surface area contributed by atoms with Crippen LogP contribution in [-0.2, 0) is 66.6 Å². The number of hydrogen-bond donors (Lipinski definition) is 2. The number of aliphatic hydroxyl groups excluding tert-OH is 1. The van der Waals surface area contributed by atoms with E-state index in [9.17, 15) is 43.8 Å². The quantitative estimate of drug-likeness (QED) is 0.0439. The van der Waals surface area contributed by atoms with Gasteiger partial charge >= 0.3 is 18.3 Å². The third-order valence-corrected chi connectivity index (χ3v) is 15.9. The highest BCUT2D eigenvalue weighted by Crippen LogP contribution is 2.38. The first-order valence-electron chi connectivity index (χ1n) is 27.8. The van der Waals surface area contributed by atoms with Gasteiger partial charge in [0.05, 0.1) is 37.8 Å². The summed E-state index contributed by atoms with van der Waals surface area (Å²) < 4.78 is 50.0. The molecule has 19 heteroatoms. The number of Topliss-reactive ketones (excluding diaryl/α,β-unsaturated/α-hetero) is 3. The molecule has 0 spiro atoms. The van der Waals surface area contributed by atoms with Crippen LogP contribution in [0.4, 0.5) is 9.59 Å². The second kappa shape index (κ2) is 32.3. The van der Waals surface area contributed by atoms with Crippen molar-refractivity contribution in [3.63, 3.8) is 0 Å². The molecule has 2 N–H and O–H groups in total. The number of cyclic esters (lactones) is 1. The smallest absolute Gasteiger partial charge is 0.460 e. The van der Waals surface area contributed by atoms with Crippen LogP contribution in [0.5, 0.6) is 0 Å². The number of aliphatic hydroxyl groups is 2. The Kier molecular flexibility index (Phi) is 27.1. The predicted molar refractivity (Wildman–Crippen MR) is 287 cm³/mol. The molecule has 15 atom stereocenters. The number of piperidine rings is 1. The van der Waals surface area contributed by atoms with Gasteiger partial charge in [-0.25, -0.2) is 14.4 Å². The predicted octanol–water partition coefficient (Wildman–Crippen LogP) is 8.42. The number of ketones is 3. The second-order valence-corrected chi connectivity index (χ2v) is 21.9. The minimum Gasteiger partial charge on any atom is -0.460 e. The number of amides is 1. The molecule has 4 rings (SSSR count). The number of fused-ring (bicyclic) bond motifs is 3. The molecule has 0 aromatic heterocycles. The van der Waals surface area contributed by atoms with E-state index in [-0.39, 0.29) is 62.4 Å². The van der Waals surface area contributed by atoms with Crippen molar-refractivity contribution in [2.45, 2.75) is 193 Å². The van der Waals surface area contributed by atoms with Gasteiger partial charge in [0, 0.05) is 58.5 Å². The van der Waals surface area contributed by atoms with E-state index < -0.39 is 108 Å². The largest absolute Gasteiger partial charge is 0.513 e. The summed E-state index contributed by atoms with van der Waals surface area (Å²) in [6.45, 7) is 15.9. The molecule has 438 valence electrons. The van der Waals surface area contributed by atoms with Crippen molar-refractivity contribution in [2.24, 2.45) is 35.5 Å². The summed E-state index contributed by atoms with van der Waals surface area (Å²) in [6.07, 6.45) is 9.91. The zero-order valence-electron chi connectivity index (χ0n) is 47.7. The molecule has 1 amide bonds. The first kappa shape index (κ1) is 65.5. The Morgan fingerprint density at radius 2 is 1.55 bits per heavy atom. The highest BCUT2D eigenvalue weighted by molar-refractivity contribution is 6.39. The minimum atomic E-state index is -2.47. The van der Waals surface area contributed by atoms with Gasteiger partial charge in [-0.15, -0.1) is 0 Å². The van der Waals surface area contributed by atoms with E-state index in [1.54, 1.807) is 40.9 Å². The van der Waals surface area contributed by atoms with Gasteiger partial charge in [-0.1, -0.05) is 77.7 Å². The lowest BCUT2D eigenvalue weighted by atomic mass is 9.78. The molecule has 2 saturated heterocycles. The summed E-state index contributed by atoms with van der Waals surface area (Å²) in [7, 11) is 4.44. The number of esters is 1. The van der Waals surface area contributed by atoms with Gasteiger partial charge in [-0.2, -0.15) is 0 Å². The Morgan fingerprint density at radius 3 is 2.22 bits per heavy atom. The molecule has 0 aromatic rings. The van der Waals surface area contributed by atoms with E-state index in [4.69, 9.17) is 37.9 Å². The molecule has 3 aliphatic heterocycles. The fourth-order valence-corrected chi connectivity index (χ4v) is 11.0. The molecule has 3 heterocycles. The number of rotatable bonds is 13. The van der Waals surface area contributed by atoms with Gasteiger partial charge in [0.1, 0.15) is 36.2 Å². The van der Waals surface area contributed by atoms with E-state index in [1.165, 1.54) is 14.2 Å². The van der Waals surface area contributed by atoms with Gasteiger partial charge < -0.3 is 57.7 Å². The Labute approximate surface area is 461 Å². The van der Waals surface area contributed by atoms with E-state index in [1.807, 2.05) is 51.2 Å². The number of nitrogens with zero attached hydrogens (tertiary/aromatic N) is 1. The molecule has 0 radical (unpaired) electrons. The molecule has 2 bridgehead atoms. The maximum Gasteiger partial charge on any atom is 0.513 e. The van der Waals surface area contributed by atoms with Crippen molar-refractivity contribution in [1.82, 2.24) is 4.90 Å². The maximum atomic E-state index is 14.6. The molecule has 4 aliphatic rings. The highest BCUT2D eigenvalue weighted by Gasteiger charge is 2.53. The van der Waals surface area contributed by atoms with Crippen molar-refractivity contribution < 1.29 is 86.4 Å². The first-order valence-corrected chi connectivity index (χ1v) is 27.8. The fourth-order valence-electron chi connectivity index (χ4n) is 11.0. The normalized spacial score (nSPS) is 35.3. The molecule has 0 aromatic carbocycles. The van der Waals surface area contributed by atoms with Crippen LogP contribution >= 0.6 is 0 Å². The monoisotopic (exact) mass is 1100 g/mol. The Hall–Kier alpha value is -5.05. The first-order chi connectivity index (χ1) is 37.1. The van der Waals surface area contributed by atoms with Crippen molar-refractivity contribution in [1.29, 1.82) is 0 Å². The van der Waals surface area contributed by atoms with Crippen LogP contribution in [-0.4, -0.2) is 152 Å². The van der Waals surface area contributed by atoms with E-state index in [0.717, 1.165) is 16.7 Å². The fraction of sp³-hybridized carbons (Fsp3) is 0.712. The summed E-state index contributed by atoms with van der Waals surface area (Å²) >= 11 is 0. The van der Waals surface area contributed by atoms with Crippen LogP contribution in [0.3, 0.4) is 0 Å².